The van der Waals surface area contributed by atoms with Crippen LogP contribution in [0.25, 0.3) is 0 Å². The number of nitrogens with zero attached hydrogens (tertiary/aromatic N) is 2. The van der Waals surface area contributed by atoms with E-state index in [1.54, 1.807) is 11.3 Å². The molecule has 8 heteroatoms. The van der Waals surface area contributed by atoms with E-state index >= 15 is 0 Å². The Morgan fingerprint density at radius 1 is 1.65 bits per heavy atom. The number of rotatable bonds is 4. The minimum absolute atomic E-state index is 0.0357. The van der Waals surface area contributed by atoms with Crippen LogP contribution in [0.15, 0.2) is 5.38 Å². The van der Waals surface area contributed by atoms with E-state index in [4.69, 9.17) is 9.84 Å². The first kappa shape index (κ1) is 14.7. The molecule has 1 atom stereocenters. The van der Waals surface area contributed by atoms with Crippen LogP contribution in [-0.2, 0) is 16.0 Å². The van der Waals surface area contributed by atoms with Crippen LogP contribution in [0, 0.1) is 6.92 Å². The van der Waals surface area contributed by atoms with Crippen molar-refractivity contribution in [1.82, 2.24) is 15.2 Å². The van der Waals surface area contributed by atoms with E-state index in [0.717, 1.165) is 10.7 Å². The van der Waals surface area contributed by atoms with Crippen molar-refractivity contribution in [2.75, 3.05) is 26.3 Å². The van der Waals surface area contributed by atoms with Crippen molar-refractivity contribution in [2.24, 2.45) is 0 Å². The maximum atomic E-state index is 12.0. The first-order chi connectivity index (χ1) is 9.58. The predicted molar refractivity (Wildman–Crippen MR) is 72.9 cm³/mol. The Labute approximate surface area is 120 Å². The second kappa shape index (κ2) is 6.67. The van der Waals surface area contributed by atoms with Gasteiger partial charge in [0.15, 0.2) is 6.04 Å². The average molecular weight is 299 g/mol. The maximum absolute atomic E-state index is 12.0. The van der Waals surface area contributed by atoms with Crippen molar-refractivity contribution in [3.05, 3.63) is 16.1 Å². The molecule has 2 N–H and O–H groups in total. The van der Waals surface area contributed by atoms with Crippen LogP contribution in [0.5, 0.6) is 0 Å². The number of aryl methyl sites for hydroxylation is 1. The Morgan fingerprint density at radius 2 is 2.45 bits per heavy atom. The lowest BCUT2D eigenvalue weighted by molar-refractivity contribution is -0.147. The second-order valence-electron chi connectivity index (χ2n) is 4.46. The lowest BCUT2D eigenvalue weighted by Gasteiger charge is -2.32. The van der Waals surface area contributed by atoms with Gasteiger partial charge in [0.05, 0.1) is 23.9 Å². The fourth-order valence-corrected chi connectivity index (χ4v) is 2.62. The van der Waals surface area contributed by atoms with Crippen molar-refractivity contribution in [3.63, 3.8) is 0 Å². The van der Waals surface area contributed by atoms with Crippen LogP contribution in [0.1, 0.15) is 10.7 Å². The van der Waals surface area contributed by atoms with Crippen LogP contribution in [0.2, 0.25) is 0 Å². The van der Waals surface area contributed by atoms with Crippen molar-refractivity contribution in [1.29, 1.82) is 0 Å². The van der Waals surface area contributed by atoms with Crippen molar-refractivity contribution in [3.8, 4) is 0 Å². The number of carboxylic acid groups (broad SMARTS) is 1. The van der Waals surface area contributed by atoms with E-state index in [1.807, 2.05) is 12.3 Å². The highest BCUT2D eigenvalue weighted by Gasteiger charge is 2.32. The number of aliphatic carboxylic acids is 1. The predicted octanol–water partition coefficient (Wildman–Crippen LogP) is 0.489. The molecule has 2 heterocycles. The van der Waals surface area contributed by atoms with Crippen LogP contribution >= 0.6 is 11.3 Å². The number of amides is 2. The van der Waals surface area contributed by atoms with Gasteiger partial charge in [0.25, 0.3) is 0 Å². The molecule has 0 saturated carbocycles. The summed E-state index contributed by atoms with van der Waals surface area (Å²) in [5.74, 6) is -1.05. The molecular weight excluding hydrogens is 282 g/mol. The summed E-state index contributed by atoms with van der Waals surface area (Å²) in [5, 5.41) is 14.7. The molecule has 1 aliphatic heterocycles. The van der Waals surface area contributed by atoms with E-state index < -0.39 is 12.0 Å². The van der Waals surface area contributed by atoms with Gasteiger partial charge >= 0.3 is 12.0 Å². The second-order valence-corrected chi connectivity index (χ2v) is 5.52. The molecule has 0 spiro atoms. The van der Waals surface area contributed by atoms with Gasteiger partial charge in [0.2, 0.25) is 0 Å². The van der Waals surface area contributed by atoms with Crippen LogP contribution in [-0.4, -0.2) is 59.3 Å². The SMILES string of the molecule is Cc1nc(CCNC(=O)N2CCOCC2C(=O)O)cs1. The quantitative estimate of drug-likeness (QED) is 0.844. The number of morpholine rings is 1. The number of carbonyl (C=O) groups excluding carboxylic acids is 1. The summed E-state index contributed by atoms with van der Waals surface area (Å²) in [6.45, 7) is 3.05. The molecule has 1 saturated heterocycles. The van der Waals surface area contributed by atoms with E-state index in [1.165, 1.54) is 4.90 Å². The highest BCUT2D eigenvalue weighted by Crippen LogP contribution is 2.09. The number of thiazole rings is 1. The van der Waals surface area contributed by atoms with Crippen LogP contribution < -0.4 is 5.32 Å². The van der Waals surface area contributed by atoms with Gasteiger partial charge in [-0.15, -0.1) is 11.3 Å². The first-order valence-corrected chi connectivity index (χ1v) is 7.22. The molecule has 7 nitrogen and oxygen atoms in total. The van der Waals surface area contributed by atoms with Crippen molar-refractivity contribution >= 4 is 23.3 Å². The zero-order valence-corrected chi connectivity index (χ0v) is 12.0. The smallest absolute Gasteiger partial charge is 0.328 e. The lowest BCUT2D eigenvalue weighted by atomic mass is 10.2. The van der Waals surface area contributed by atoms with Crippen molar-refractivity contribution in [2.45, 2.75) is 19.4 Å². The van der Waals surface area contributed by atoms with Crippen LogP contribution in [0.3, 0.4) is 0 Å². The van der Waals surface area contributed by atoms with E-state index in [0.29, 0.717) is 26.1 Å². The lowest BCUT2D eigenvalue weighted by Crippen LogP contribution is -2.55. The molecule has 2 amide bonds. The highest BCUT2D eigenvalue weighted by atomic mass is 32.1. The topological polar surface area (TPSA) is 91.8 Å². The molecule has 1 aromatic heterocycles. The molecule has 0 radical (unpaired) electrons. The fourth-order valence-electron chi connectivity index (χ4n) is 1.97. The van der Waals surface area contributed by atoms with Gasteiger partial charge in [-0.25, -0.2) is 14.6 Å². The Bertz CT molecular complexity index is 491. The summed E-state index contributed by atoms with van der Waals surface area (Å²) in [4.78, 5) is 28.6. The number of nitrogens with one attached hydrogen (secondary N) is 1. The molecule has 0 aromatic carbocycles. The third-order valence-electron chi connectivity index (χ3n) is 3.00. The molecule has 1 aliphatic rings. The molecule has 1 fully saturated rings. The zero-order valence-electron chi connectivity index (χ0n) is 11.2. The summed E-state index contributed by atoms with van der Waals surface area (Å²) in [5.41, 5.74) is 0.935. The number of urea groups is 1. The van der Waals surface area contributed by atoms with E-state index in [2.05, 4.69) is 10.3 Å². The summed E-state index contributed by atoms with van der Waals surface area (Å²) in [7, 11) is 0. The van der Waals surface area contributed by atoms with Gasteiger partial charge < -0.3 is 20.1 Å². The van der Waals surface area contributed by atoms with Gasteiger partial charge in [-0.05, 0) is 6.92 Å². The normalized spacial score (nSPS) is 18.9. The van der Waals surface area contributed by atoms with Gasteiger partial charge in [0.1, 0.15) is 0 Å². The Kier molecular flexibility index (Phi) is 4.91. The maximum Gasteiger partial charge on any atom is 0.328 e. The van der Waals surface area contributed by atoms with Gasteiger partial charge in [-0.1, -0.05) is 0 Å². The Hall–Kier alpha value is -1.67. The summed E-state index contributed by atoms with van der Waals surface area (Å²) in [6.07, 6.45) is 0.637. The fraction of sp³-hybridized carbons (Fsp3) is 0.583. The highest BCUT2D eigenvalue weighted by molar-refractivity contribution is 7.09. The Morgan fingerprint density at radius 3 is 3.10 bits per heavy atom. The largest absolute Gasteiger partial charge is 0.480 e. The van der Waals surface area contributed by atoms with Gasteiger partial charge in [0, 0.05) is 24.9 Å². The molecule has 1 aromatic rings. The number of carbonyl (C=O) groups is 2. The summed E-state index contributed by atoms with van der Waals surface area (Å²) < 4.78 is 5.09. The zero-order chi connectivity index (χ0) is 14.5. The molecule has 0 aliphatic carbocycles. The summed E-state index contributed by atoms with van der Waals surface area (Å²) in [6, 6.07) is -1.28. The standard InChI is InChI=1S/C12H17N3O4S/c1-8-14-9(7-20-8)2-3-13-12(18)15-4-5-19-6-10(15)11(16)17/h7,10H,2-6H2,1H3,(H,13,18)(H,16,17). The van der Waals surface area contributed by atoms with Crippen LogP contribution in [0.4, 0.5) is 4.79 Å². The minimum Gasteiger partial charge on any atom is -0.480 e. The number of ether oxygens (including phenoxy) is 1. The van der Waals surface area contributed by atoms with Crippen molar-refractivity contribution < 1.29 is 19.4 Å². The van der Waals surface area contributed by atoms with E-state index in [9.17, 15) is 9.59 Å². The minimum atomic E-state index is -1.05. The summed E-state index contributed by atoms with van der Waals surface area (Å²) >= 11 is 1.57. The number of aromatic nitrogens is 1. The molecule has 0 bridgehead atoms. The number of hydrogen-bond acceptors (Lipinski definition) is 5. The third kappa shape index (κ3) is 3.67. The molecular formula is C12H17N3O4S. The molecule has 20 heavy (non-hydrogen) atoms. The first-order valence-electron chi connectivity index (χ1n) is 6.34. The monoisotopic (exact) mass is 299 g/mol. The van der Waals surface area contributed by atoms with E-state index in [-0.39, 0.29) is 12.6 Å². The average Bonchev–Trinajstić information content (AvgIpc) is 2.84. The number of carboxylic acids is 1. The molecule has 1 unspecified atom stereocenters. The molecule has 2 rings (SSSR count). The van der Waals surface area contributed by atoms with Gasteiger partial charge in [-0.3, -0.25) is 0 Å². The number of hydrogen-bond donors (Lipinski definition) is 2. The third-order valence-corrected chi connectivity index (χ3v) is 3.82. The Balaban J connectivity index is 1.82. The molecule has 110 valence electrons. The van der Waals surface area contributed by atoms with Gasteiger partial charge in [-0.2, -0.15) is 0 Å².